The van der Waals surface area contributed by atoms with Gasteiger partial charge in [-0.2, -0.15) is 0 Å². The molecule has 0 aliphatic rings. The quantitative estimate of drug-likeness (QED) is 0.616. The van der Waals surface area contributed by atoms with Gasteiger partial charge >= 0.3 is 6.36 Å². The fraction of sp³-hybridized carbons (Fsp3) is 0.263. The van der Waals surface area contributed by atoms with E-state index in [0.717, 1.165) is 11.1 Å². The van der Waals surface area contributed by atoms with E-state index in [-0.39, 0.29) is 11.8 Å². The van der Waals surface area contributed by atoms with Crippen LogP contribution in [0.25, 0.3) is 11.5 Å². The van der Waals surface area contributed by atoms with Crippen LogP contribution < -0.4 is 4.74 Å². The van der Waals surface area contributed by atoms with E-state index < -0.39 is 6.36 Å². The smallest absolute Gasteiger partial charge is 0.419 e. The van der Waals surface area contributed by atoms with Crippen molar-refractivity contribution in [2.24, 2.45) is 0 Å². The van der Waals surface area contributed by atoms with Gasteiger partial charge in [0.15, 0.2) is 0 Å². The molecule has 0 aliphatic carbocycles. The first kappa shape index (κ1) is 18.9. The van der Waals surface area contributed by atoms with Gasteiger partial charge in [-0.1, -0.05) is 30.3 Å². The van der Waals surface area contributed by atoms with Crippen LogP contribution in [0.3, 0.4) is 0 Å². The van der Waals surface area contributed by atoms with E-state index in [2.05, 4.69) is 14.9 Å². The number of hydrogen-bond donors (Lipinski definition) is 0. The molecule has 0 N–H and O–H groups in total. The zero-order valence-electron chi connectivity index (χ0n) is 14.8. The van der Waals surface area contributed by atoms with Crippen molar-refractivity contribution in [3.8, 4) is 17.2 Å². The molecule has 1 atom stereocenters. The Morgan fingerprint density at radius 2 is 1.70 bits per heavy atom. The molecule has 2 aromatic carbocycles. The van der Waals surface area contributed by atoms with E-state index in [9.17, 15) is 13.2 Å². The molecular formula is C19H18F3N3O2. The Kier molecular flexibility index (Phi) is 5.46. The van der Waals surface area contributed by atoms with Gasteiger partial charge < -0.3 is 9.15 Å². The molecule has 0 saturated heterocycles. The monoisotopic (exact) mass is 377 g/mol. The standard InChI is InChI=1S/C19H18F3N3O2/c1-13(17-23-24-18(26-17)15-6-4-3-5-7-15)25(2)12-14-8-10-16(11-9-14)27-19(20,21)22/h3-11,13H,12H2,1-2H3. The number of nitrogens with zero attached hydrogens (tertiary/aromatic N) is 3. The Morgan fingerprint density at radius 3 is 2.33 bits per heavy atom. The Balaban J connectivity index is 1.64. The minimum atomic E-state index is -4.69. The van der Waals surface area contributed by atoms with E-state index >= 15 is 0 Å². The van der Waals surface area contributed by atoms with Crippen molar-refractivity contribution >= 4 is 0 Å². The van der Waals surface area contributed by atoms with Crippen LogP contribution in [0.1, 0.15) is 24.4 Å². The summed E-state index contributed by atoms with van der Waals surface area (Å²) in [4.78, 5) is 1.96. The second kappa shape index (κ2) is 7.79. The Bertz CT molecular complexity index is 864. The van der Waals surface area contributed by atoms with Crippen molar-refractivity contribution in [2.75, 3.05) is 7.05 Å². The van der Waals surface area contributed by atoms with Crippen molar-refractivity contribution in [2.45, 2.75) is 25.9 Å². The lowest BCUT2D eigenvalue weighted by Gasteiger charge is -2.21. The van der Waals surface area contributed by atoms with Gasteiger partial charge in [0.25, 0.3) is 0 Å². The van der Waals surface area contributed by atoms with E-state index in [1.165, 1.54) is 12.1 Å². The first-order chi connectivity index (χ1) is 12.8. The second-order valence-corrected chi connectivity index (χ2v) is 6.09. The van der Waals surface area contributed by atoms with E-state index in [1.807, 2.05) is 49.2 Å². The molecule has 1 heterocycles. The number of halogens is 3. The van der Waals surface area contributed by atoms with Crippen molar-refractivity contribution < 1.29 is 22.3 Å². The van der Waals surface area contributed by atoms with Crippen LogP contribution in [0, 0.1) is 0 Å². The number of rotatable bonds is 6. The molecule has 0 bridgehead atoms. The topological polar surface area (TPSA) is 51.4 Å². The molecule has 0 radical (unpaired) electrons. The molecule has 0 fully saturated rings. The van der Waals surface area contributed by atoms with Crippen molar-refractivity contribution in [1.29, 1.82) is 0 Å². The van der Waals surface area contributed by atoms with Crippen molar-refractivity contribution in [1.82, 2.24) is 15.1 Å². The van der Waals surface area contributed by atoms with Gasteiger partial charge in [0.2, 0.25) is 11.8 Å². The number of ether oxygens (including phenoxy) is 1. The summed E-state index contributed by atoms with van der Waals surface area (Å²) in [5, 5.41) is 8.18. The average Bonchev–Trinajstić information content (AvgIpc) is 3.12. The highest BCUT2D eigenvalue weighted by molar-refractivity contribution is 5.51. The molecule has 0 spiro atoms. The van der Waals surface area contributed by atoms with Crippen molar-refractivity contribution in [3.05, 3.63) is 66.1 Å². The van der Waals surface area contributed by atoms with Crippen LogP contribution in [0.5, 0.6) is 5.75 Å². The van der Waals surface area contributed by atoms with Gasteiger partial charge in [-0.3, -0.25) is 4.90 Å². The maximum absolute atomic E-state index is 12.2. The first-order valence-electron chi connectivity index (χ1n) is 8.25. The lowest BCUT2D eigenvalue weighted by atomic mass is 10.2. The van der Waals surface area contributed by atoms with Gasteiger partial charge in [0, 0.05) is 12.1 Å². The molecule has 5 nitrogen and oxygen atoms in total. The zero-order valence-corrected chi connectivity index (χ0v) is 14.8. The summed E-state index contributed by atoms with van der Waals surface area (Å²) < 4.78 is 46.3. The van der Waals surface area contributed by atoms with E-state index in [1.54, 1.807) is 12.1 Å². The largest absolute Gasteiger partial charge is 0.573 e. The maximum atomic E-state index is 12.2. The summed E-state index contributed by atoms with van der Waals surface area (Å²) in [6.45, 7) is 2.42. The molecule has 3 aromatic rings. The highest BCUT2D eigenvalue weighted by Gasteiger charge is 2.31. The number of benzene rings is 2. The van der Waals surface area contributed by atoms with E-state index in [4.69, 9.17) is 4.42 Å². The predicted molar refractivity (Wildman–Crippen MR) is 92.7 cm³/mol. The van der Waals surface area contributed by atoms with Crippen LogP contribution in [0.15, 0.2) is 59.0 Å². The Morgan fingerprint density at radius 1 is 1.04 bits per heavy atom. The fourth-order valence-electron chi connectivity index (χ4n) is 2.51. The maximum Gasteiger partial charge on any atom is 0.573 e. The summed E-state index contributed by atoms with van der Waals surface area (Å²) >= 11 is 0. The molecule has 27 heavy (non-hydrogen) atoms. The summed E-state index contributed by atoms with van der Waals surface area (Å²) in [6.07, 6.45) is -4.69. The average molecular weight is 377 g/mol. The summed E-state index contributed by atoms with van der Waals surface area (Å²) in [7, 11) is 1.87. The molecule has 142 valence electrons. The fourth-order valence-corrected chi connectivity index (χ4v) is 2.51. The van der Waals surface area contributed by atoms with Crippen LogP contribution in [0.2, 0.25) is 0 Å². The van der Waals surface area contributed by atoms with Gasteiger partial charge in [-0.25, -0.2) is 0 Å². The second-order valence-electron chi connectivity index (χ2n) is 6.09. The SMILES string of the molecule is CC(c1nnc(-c2ccccc2)o1)N(C)Cc1ccc(OC(F)(F)F)cc1. The lowest BCUT2D eigenvalue weighted by Crippen LogP contribution is -2.22. The first-order valence-corrected chi connectivity index (χ1v) is 8.25. The summed E-state index contributed by atoms with van der Waals surface area (Å²) in [6, 6.07) is 15.1. The Labute approximate surface area is 154 Å². The van der Waals surface area contributed by atoms with Crippen molar-refractivity contribution in [3.63, 3.8) is 0 Å². The molecule has 8 heteroatoms. The van der Waals surface area contributed by atoms with Gasteiger partial charge in [-0.05, 0) is 43.8 Å². The van der Waals surface area contributed by atoms with Gasteiger partial charge in [-0.15, -0.1) is 23.4 Å². The minimum absolute atomic E-state index is 0.166. The van der Waals surface area contributed by atoms with Crippen LogP contribution in [0.4, 0.5) is 13.2 Å². The molecule has 0 saturated carbocycles. The summed E-state index contributed by atoms with van der Waals surface area (Å²) in [5.41, 5.74) is 1.67. The molecule has 0 aliphatic heterocycles. The minimum Gasteiger partial charge on any atom is -0.419 e. The molecule has 1 unspecified atom stereocenters. The lowest BCUT2D eigenvalue weighted by molar-refractivity contribution is -0.274. The zero-order chi connectivity index (χ0) is 19.4. The van der Waals surface area contributed by atoms with Gasteiger partial charge in [0.05, 0.1) is 6.04 Å². The molecule has 0 amide bonds. The number of alkyl halides is 3. The normalized spacial score (nSPS) is 13.0. The molecule has 3 rings (SSSR count). The highest BCUT2D eigenvalue weighted by Crippen LogP contribution is 2.26. The third-order valence-electron chi connectivity index (χ3n) is 4.07. The summed E-state index contributed by atoms with van der Waals surface area (Å²) in [5.74, 6) is 0.666. The molecule has 1 aromatic heterocycles. The van der Waals surface area contributed by atoms with Crippen LogP contribution >= 0.6 is 0 Å². The third kappa shape index (κ3) is 5.07. The third-order valence-corrected chi connectivity index (χ3v) is 4.07. The number of hydrogen-bond acceptors (Lipinski definition) is 5. The molecular weight excluding hydrogens is 359 g/mol. The Hall–Kier alpha value is -2.87. The van der Waals surface area contributed by atoms with E-state index in [0.29, 0.717) is 18.3 Å². The van der Waals surface area contributed by atoms with Crippen LogP contribution in [-0.4, -0.2) is 28.5 Å². The highest BCUT2D eigenvalue weighted by atomic mass is 19.4. The predicted octanol–water partition coefficient (Wildman–Crippen LogP) is 4.83. The van der Waals surface area contributed by atoms with Crippen LogP contribution in [-0.2, 0) is 6.54 Å². The van der Waals surface area contributed by atoms with Gasteiger partial charge in [0.1, 0.15) is 5.75 Å². The number of aromatic nitrogens is 2.